The van der Waals surface area contributed by atoms with Gasteiger partial charge in [0.25, 0.3) is 0 Å². The molecule has 2 aromatic rings. The summed E-state index contributed by atoms with van der Waals surface area (Å²) in [7, 11) is 0. The van der Waals surface area contributed by atoms with Crippen LogP contribution >= 0.6 is 0 Å². The molecule has 0 atom stereocenters. The second-order valence-corrected chi connectivity index (χ2v) is 7.06. The van der Waals surface area contributed by atoms with Crippen LogP contribution in [-0.4, -0.2) is 60.2 Å². The number of aromatic nitrogens is 3. The minimum atomic E-state index is 0.449. The summed E-state index contributed by atoms with van der Waals surface area (Å²) in [6.45, 7) is 7.46. The zero-order valence-corrected chi connectivity index (χ0v) is 17.2. The van der Waals surface area contributed by atoms with E-state index in [2.05, 4.69) is 32.7 Å². The highest BCUT2D eigenvalue weighted by atomic mass is 16.5. The predicted octanol–water partition coefficient (Wildman–Crippen LogP) is 2.16. The van der Waals surface area contributed by atoms with Crippen molar-refractivity contribution in [1.29, 1.82) is 0 Å². The maximum Gasteiger partial charge on any atom is 0.191 e. The molecule has 29 heavy (non-hydrogen) atoms. The summed E-state index contributed by atoms with van der Waals surface area (Å²) < 4.78 is 13.2. The Morgan fingerprint density at radius 2 is 2.07 bits per heavy atom. The number of hydrogen-bond acceptors (Lipinski definition) is 5. The molecule has 0 radical (unpaired) electrons. The van der Waals surface area contributed by atoms with Gasteiger partial charge in [-0.2, -0.15) is 0 Å². The third kappa shape index (κ3) is 7.14. The minimum absolute atomic E-state index is 0.449. The predicted molar refractivity (Wildman–Crippen MR) is 113 cm³/mol. The van der Waals surface area contributed by atoms with Gasteiger partial charge in [-0.1, -0.05) is 18.2 Å². The summed E-state index contributed by atoms with van der Waals surface area (Å²) in [5.41, 5.74) is 1.03. The van der Waals surface area contributed by atoms with E-state index in [1.165, 1.54) is 0 Å². The molecule has 3 rings (SSSR count). The fourth-order valence-electron chi connectivity index (χ4n) is 3.21. The van der Waals surface area contributed by atoms with Crippen molar-refractivity contribution in [1.82, 2.24) is 25.4 Å². The first-order chi connectivity index (χ1) is 14.4. The highest BCUT2D eigenvalue weighted by Crippen LogP contribution is 2.14. The van der Waals surface area contributed by atoms with E-state index in [9.17, 15) is 0 Å². The molecule has 1 aliphatic heterocycles. The summed E-state index contributed by atoms with van der Waals surface area (Å²) in [5.74, 6) is 2.23. The lowest BCUT2D eigenvalue weighted by Gasteiger charge is -2.21. The van der Waals surface area contributed by atoms with Crippen molar-refractivity contribution < 1.29 is 9.47 Å². The van der Waals surface area contributed by atoms with Gasteiger partial charge >= 0.3 is 0 Å². The second-order valence-electron chi connectivity index (χ2n) is 7.06. The quantitative estimate of drug-likeness (QED) is 0.361. The highest BCUT2D eigenvalue weighted by molar-refractivity contribution is 5.79. The lowest BCUT2D eigenvalue weighted by molar-refractivity contribution is 0.0203. The maximum atomic E-state index is 5.82. The van der Waals surface area contributed by atoms with Crippen molar-refractivity contribution in [3.05, 3.63) is 42.5 Å². The minimum Gasteiger partial charge on any atom is -0.381 e. The third-order valence-electron chi connectivity index (χ3n) is 4.83. The van der Waals surface area contributed by atoms with E-state index < -0.39 is 0 Å². The molecule has 1 aromatic carbocycles. The zero-order chi connectivity index (χ0) is 20.2. The third-order valence-corrected chi connectivity index (χ3v) is 4.83. The SMILES string of the molecule is CCNC(=NCc1nncn1-c1ccccc1)NCCCOCC1CCOCC1. The molecule has 0 bridgehead atoms. The van der Waals surface area contributed by atoms with Gasteiger partial charge in [0.05, 0.1) is 0 Å². The van der Waals surface area contributed by atoms with Crippen LogP contribution in [0.4, 0.5) is 0 Å². The Morgan fingerprint density at radius 1 is 1.24 bits per heavy atom. The fraction of sp³-hybridized carbons (Fsp3) is 0.571. The van der Waals surface area contributed by atoms with Crippen LogP contribution in [0.25, 0.3) is 5.69 Å². The van der Waals surface area contributed by atoms with Crippen LogP contribution in [-0.2, 0) is 16.0 Å². The standard InChI is InChI=1S/C21H32N6O2/c1-2-22-21(23-11-6-12-29-16-18-9-13-28-14-10-18)24-15-20-26-25-17-27(20)19-7-4-3-5-8-19/h3-5,7-8,17-18H,2,6,9-16H2,1H3,(H2,22,23,24). The van der Waals surface area contributed by atoms with Gasteiger partial charge in [0.15, 0.2) is 11.8 Å². The number of nitrogens with zero attached hydrogens (tertiary/aromatic N) is 4. The van der Waals surface area contributed by atoms with Gasteiger partial charge in [-0.25, -0.2) is 4.99 Å². The highest BCUT2D eigenvalue weighted by Gasteiger charge is 2.13. The number of guanidine groups is 1. The van der Waals surface area contributed by atoms with Crippen LogP contribution < -0.4 is 10.6 Å². The molecule has 0 aliphatic carbocycles. The molecule has 0 amide bonds. The van der Waals surface area contributed by atoms with Crippen LogP contribution in [0.1, 0.15) is 32.0 Å². The largest absolute Gasteiger partial charge is 0.381 e. The maximum absolute atomic E-state index is 5.82. The Hall–Kier alpha value is -2.45. The van der Waals surface area contributed by atoms with Crippen molar-refractivity contribution >= 4 is 5.96 Å². The van der Waals surface area contributed by atoms with Crippen LogP contribution in [0.2, 0.25) is 0 Å². The molecule has 1 aliphatic rings. The average Bonchev–Trinajstić information content (AvgIpc) is 3.24. The van der Waals surface area contributed by atoms with Gasteiger partial charge in [0, 0.05) is 45.2 Å². The van der Waals surface area contributed by atoms with Gasteiger partial charge in [0.1, 0.15) is 12.9 Å². The lowest BCUT2D eigenvalue weighted by atomic mass is 10.0. The van der Waals surface area contributed by atoms with E-state index >= 15 is 0 Å². The van der Waals surface area contributed by atoms with Crippen LogP contribution in [0, 0.1) is 5.92 Å². The van der Waals surface area contributed by atoms with Crippen LogP contribution in [0.5, 0.6) is 0 Å². The van der Waals surface area contributed by atoms with E-state index in [-0.39, 0.29) is 0 Å². The Morgan fingerprint density at radius 3 is 2.86 bits per heavy atom. The summed E-state index contributed by atoms with van der Waals surface area (Å²) >= 11 is 0. The molecule has 2 N–H and O–H groups in total. The molecule has 0 spiro atoms. The summed E-state index contributed by atoms with van der Waals surface area (Å²) in [4.78, 5) is 4.65. The van der Waals surface area contributed by atoms with E-state index in [4.69, 9.17) is 9.47 Å². The van der Waals surface area contributed by atoms with Crippen LogP contribution in [0.15, 0.2) is 41.7 Å². The number of hydrogen-bond donors (Lipinski definition) is 2. The van der Waals surface area contributed by atoms with E-state index in [0.29, 0.717) is 12.5 Å². The normalized spacial score (nSPS) is 15.4. The van der Waals surface area contributed by atoms with E-state index in [1.54, 1.807) is 6.33 Å². The molecular weight excluding hydrogens is 368 g/mol. The van der Waals surface area contributed by atoms with Gasteiger partial charge in [-0.15, -0.1) is 10.2 Å². The number of rotatable bonds is 10. The smallest absolute Gasteiger partial charge is 0.191 e. The van der Waals surface area contributed by atoms with Crippen molar-refractivity contribution in [2.75, 3.05) is 39.5 Å². The molecule has 0 unspecified atom stereocenters. The van der Waals surface area contributed by atoms with E-state index in [0.717, 1.165) is 76.3 Å². The number of benzene rings is 1. The first-order valence-corrected chi connectivity index (χ1v) is 10.5. The summed E-state index contributed by atoms with van der Waals surface area (Å²) in [6.07, 6.45) is 4.89. The number of aliphatic imine (C=N–C) groups is 1. The summed E-state index contributed by atoms with van der Waals surface area (Å²) in [6, 6.07) is 10.0. The first-order valence-electron chi connectivity index (χ1n) is 10.5. The number of para-hydroxylation sites is 1. The van der Waals surface area contributed by atoms with Gasteiger partial charge in [0.2, 0.25) is 0 Å². The van der Waals surface area contributed by atoms with Gasteiger partial charge in [-0.05, 0) is 44.2 Å². The lowest BCUT2D eigenvalue weighted by Crippen LogP contribution is -2.38. The Labute approximate surface area is 172 Å². The summed E-state index contributed by atoms with van der Waals surface area (Å²) in [5, 5.41) is 14.9. The van der Waals surface area contributed by atoms with E-state index in [1.807, 2.05) is 34.9 Å². The molecule has 8 nitrogen and oxygen atoms in total. The van der Waals surface area contributed by atoms with Crippen molar-refractivity contribution in [2.45, 2.75) is 32.7 Å². The molecule has 0 saturated carbocycles. The number of ether oxygens (including phenoxy) is 2. The topological polar surface area (TPSA) is 85.6 Å². The van der Waals surface area contributed by atoms with Gasteiger partial charge in [-0.3, -0.25) is 4.57 Å². The van der Waals surface area contributed by atoms with Crippen molar-refractivity contribution in [3.63, 3.8) is 0 Å². The molecule has 1 saturated heterocycles. The molecule has 2 heterocycles. The molecular formula is C21H32N6O2. The monoisotopic (exact) mass is 400 g/mol. The first kappa shape index (κ1) is 21.3. The van der Waals surface area contributed by atoms with Gasteiger partial charge < -0.3 is 20.1 Å². The number of nitrogens with one attached hydrogen (secondary N) is 2. The van der Waals surface area contributed by atoms with Crippen molar-refractivity contribution in [3.8, 4) is 5.69 Å². The average molecular weight is 401 g/mol. The van der Waals surface area contributed by atoms with Crippen molar-refractivity contribution in [2.24, 2.45) is 10.9 Å². The zero-order valence-electron chi connectivity index (χ0n) is 17.2. The molecule has 8 heteroatoms. The Balaban J connectivity index is 1.41. The molecule has 1 fully saturated rings. The molecule has 158 valence electrons. The Bertz CT molecular complexity index is 728. The molecule has 1 aromatic heterocycles. The van der Waals surface area contributed by atoms with Crippen LogP contribution in [0.3, 0.4) is 0 Å². The Kier molecular flexibility index (Phi) is 8.93. The fourth-order valence-corrected chi connectivity index (χ4v) is 3.21. The second kappa shape index (κ2) is 12.2.